The first-order chi connectivity index (χ1) is 10.7. The Kier molecular flexibility index (Phi) is 3.41. The molecule has 1 aromatic rings. The van der Waals surface area contributed by atoms with Gasteiger partial charge in [-0.15, -0.1) is 0 Å². The van der Waals surface area contributed by atoms with Crippen LogP contribution < -0.4 is 0 Å². The minimum absolute atomic E-state index is 0.282. The Morgan fingerprint density at radius 3 is 3.00 bits per heavy atom. The zero-order valence-electron chi connectivity index (χ0n) is 13.9. The maximum absolute atomic E-state index is 12.1. The normalized spacial score (nSPS) is 33.9. The Morgan fingerprint density at radius 1 is 1.32 bits per heavy atom. The second kappa shape index (κ2) is 5.19. The van der Waals surface area contributed by atoms with Crippen molar-refractivity contribution >= 4 is 5.78 Å². The second-order valence-corrected chi connectivity index (χ2v) is 7.66. The largest absolute Gasteiger partial charge is 0.303 e. The fourth-order valence-corrected chi connectivity index (χ4v) is 5.60. The van der Waals surface area contributed by atoms with Crippen LogP contribution in [0.3, 0.4) is 0 Å². The van der Waals surface area contributed by atoms with Gasteiger partial charge in [0.05, 0.1) is 0 Å². The topological polar surface area (TPSA) is 20.3 Å². The van der Waals surface area contributed by atoms with E-state index in [4.69, 9.17) is 0 Å². The molecule has 0 N–H and O–H groups in total. The molecule has 2 heteroatoms. The van der Waals surface area contributed by atoms with E-state index in [0.717, 1.165) is 17.9 Å². The van der Waals surface area contributed by atoms with Crippen LogP contribution in [0.25, 0.3) is 0 Å². The van der Waals surface area contributed by atoms with E-state index in [1.54, 1.807) is 5.56 Å². The number of piperidine rings is 1. The van der Waals surface area contributed by atoms with Crippen molar-refractivity contribution in [1.82, 2.24) is 4.90 Å². The van der Waals surface area contributed by atoms with E-state index < -0.39 is 0 Å². The molecule has 0 amide bonds. The summed E-state index contributed by atoms with van der Waals surface area (Å²) in [5.74, 6) is 1.12. The van der Waals surface area contributed by atoms with Crippen molar-refractivity contribution < 1.29 is 4.79 Å². The lowest BCUT2D eigenvalue weighted by molar-refractivity contribution is 0.00284. The maximum Gasteiger partial charge on any atom is 0.162 e. The third kappa shape index (κ3) is 1.93. The molecule has 3 aliphatic rings. The van der Waals surface area contributed by atoms with Gasteiger partial charge in [0.15, 0.2) is 5.78 Å². The van der Waals surface area contributed by atoms with Crippen LogP contribution in [-0.2, 0) is 11.8 Å². The fourth-order valence-electron chi connectivity index (χ4n) is 5.60. The number of likely N-dealkylation sites (tertiary alicyclic amines) is 1. The lowest BCUT2D eigenvalue weighted by Crippen LogP contribution is -2.59. The molecule has 1 aromatic carbocycles. The summed E-state index contributed by atoms with van der Waals surface area (Å²) in [6.07, 6.45) is 8.58. The van der Waals surface area contributed by atoms with Gasteiger partial charge in [-0.1, -0.05) is 31.9 Å². The first-order valence-corrected chi connectivity index (χ1v) is 9.02. The summed E-state index contributed by atoms with van der Waals surface area (Å²) < 4.78 is 0. The van der Waals surface area contributed by atoms with Crippen LogP contribution >= 0.6 is 0 Å². The monoisotopic (exact) mass is 297 g/mol. The summed E-state index contributed by atoms with van der Waals surface area (Å²) in [6, 6.07) is 7.33. The summed E-state index contributed by atoms with van der Waals surface area (Å²) in [5.41, 5.74) is 4.40. The van der Waals surface area contributed by atoms with Crippen LogP contribution in [-0.4, -0.2) is 30.3 Å². The molecule has 0 aromatic heterocycles. The average molecular weight is 297 g/mol. The summed E-state index contributed by atoms with van der Waals surface area (Å²) >= 11 is 0. The molecule has 0 unspecified atom stereocenters. The van der Waals surface area contributed by atoms with E-state index in [9.17, 15) is 4.79 Å². The first-order valence-electron chi connectivity index (χ1n) is 9.02. The molecule has 2 nitrogen and oxygen atoms in total. The number of carbonyl (C=O) groups excluding carboxylic acids is 1. The van der Waals surface area contributed by atoms with Gasteiger partial charge in [0.1, 0.15) is 0 Å². The summed E-state index contributed by atoms with van der Waals surface area (Å²) in [7, 11) is 2.30. The van der Waals surface area contributed by atoms with Gasteiger partial charge in [-0.05, 0) is 62.4 Å². The van der Waals surface area contributed by atoms with Crippen molar-refractivity contribution in [2.75, 3.05) is 13.6 Å². The highest BCUT2D eigenvalue weighted by Crippen LogP contribution is 2.55. The number of likely N-dealkylation sites (N-methyl/N-ethyl adjacent to an activating group) is 1. The minimum Gasteiger partial charge on any atom is -0.303 e. The van der Waals surface area contributed by atoms with Gasteiger partial charge in [0.25, 0.3) is 0 Å². The van der Waals surface area contributed by atoms with E-state index >= 15 is 0 Å². The molecule has 2 fully saturated rings. The van der Waals surface area contributed by atoms with Crippen LogP contribution in [0.5, 0.6) is 0 Å². The van der Waals surface area contributed by atoms with Gasteiger partial charge in [-0.25, -0.2) is 0 Å². The molecule has 118 valence electrons. The minimum atomic E-state index is 0.282. The SMILES string of the molecule is CCC(=O)c1ccc2c(c1)C[C@@H]1[C@@H]3CCCC[C@]23CCN1C. The third-order valence-electron chi connectivity index (χ3n) is 6.75. The van der Waals surface area contributed by atoms with Crippen molar-refractivity contribution in [3.8, 4) is 0 Å². The van der Waals surface area contributed by atoms with Crippen molar-refractivity contribution in [3.63, 3.8) is 0 Å². The number of nitrogens with zero attached hydrogens (tertiary/aromatic N) is 1. The van der Waals surface area contributed by atoms with Crippen LogP contribution in [0, 0.1) is 5.92 Å². The van der Waals surface area contributed by atoms with E-state index in [1.807, 2.05) is 6.92 Å². The number of hydrogen-bond acceptors (Lipinski definition) is 2. The zero-order chi connectivity index (χ0) is 15.3. The van der Waals surface area contributed by atoms with Crippen molar-refractivity contribution in [3.05, 3.63) is 34.9 Å². The quantitative estimate of drug-likeness (QED) is 0.770. The molecule has 2 bridgehead atoms. The Bertz CT molecular complexity index is 608. The van der Waals surface area contributed by atoms with Crippen LogP contribution in [0.1, 0.15) is 66.9 Å². The molecule has 1 heterocycles. The number of rotatable bonds is 2. The predicted molar refractivity (Wildman–Crippen MR) is 89.4 cm³/mol. The molecule has 0 spiro atoms. The number of fused-ring (bicyclic) bond motifs is 1. The molecule has 22 heavy (non-hydrogen) atoms. The highest BCUT2D eigenvalue weighted by molar-refractivity contribution is 5.96. The summed E-state index contributed by atoms with van der Waals surface area (Å²) in [5, 5.41) is 0. The fraction of sp³-hybridized carbons (Fsp3) is 0.650. The van der Waals surface area contributed by atoms with E-state index in [2.05, 4.69) is 30.1 Å². The third-order valence-corrected chi connectivity index (χ3v) is 6.75. The number of benzene rings is 1. The van der Waals surface area contributed by atoms with Gasteiger partial charge in [-0.2, -0.15) is 0 Å². The van der Waals surface area contributed by atoms with Gasteiger partial charge >= 0.3 is 0 Å². The van der Waals surface area contributed by atoms with E-state index in [-0.39, 0.29) is 5.78 Å². The predicted octanol–water partition coefficient (Wildman–Crippen LogP) is 3.97. The molecule has 1 saturated carbocycles. The number of carbonyl (C=O) groups is 1. The van der Waals surface area contributed by atoms with E-state index in [1.165, 1.54) is 44.2 Å². The van der Waals surface area contributed by atoms with Crippen LogP contribution in [0.4, 0.5) is 0 Å². The molecule has 3 atom stereocenters. The molecule has 1 saturated heterocycles. The van der Waals surface area contributed by atoms with E-state index in [0.29, 0.717) is 17.9 Å². The smallest absolute Gasteiger partial charge is 0.162 e. The Morgan fingerprint density at radius 2 is 2.18 bits per heavy atom. The van der Waals surface area contributed by atoms with Gasteiger partial charge in [-0.3, -0.25) is 4.79 Å². The van der Waals surface area contributed by atoms with Crippen molar-refractivity contribution in [1.29, 1.82) is 0 Å². The molecule has 0 radical (unpaired) electrons. The zero-order valence-corrected chi connectivity index (χ0v) is 13.9. The lowest BCUT2D eigenvalue weighted by Gasteiger charge is -2.58. The maximum atomic E-state index is 12.1. The van der Waals surface area contributed by atoms with Crippen molar-refractivity contribution in [2.45, 2.75) is 63.3 Å². The highest BCUT2D eigenvalue weighted by Gasteiger charge is 2.52. The highest BCUT2D eigenvalue weighted by atomic mass is 16.1. The van der Waals surface area contributed by atoms with Crippen LogP contribution in [0.2, 0.25) is 0 Å². The number of Topliss-reactive ketones (excluding diaryl/α,β-unsaturated/α-hetero) is 1. The molecule has 4 rings (SSSR count). The Labute approximate surface area is 133 Å². The Hall–Kier alpha value is -1.15. The summed E-state index contributed by atoms with van der Waals surface area (Å²) in [4.78, 5) is 14.7. The van der Waals surface area contributed by atoms with Crippen LogP contribution in [0.15, 0.2) is 18.2 Å². The standard InChI is InChI=1S/C20H27NO/c1-3-19(22)14-7-8-16-15(12-14)13-18-17-6-4-5-9-20(16,17)10-11-21(18)2/h7-8,12,17-18H,3-6,9-11,13H2,1-2H3/t17-,18+,20-/m0/s1. The second-order valence-electron chi connectivity index (χ2n) is 7.66. The molecule has 2 aliphatic carbocycles. The number of ketones is 1. The molecule has 1 aliphatic heterocycles. The summed E-state index contributed by atoms with van der Waals surface area (Å²) in [6.45, 7) is 3.19. The Balaban J connectivity index is 1.83. The molecular weight excluding hydrogens is 270 g/mol. The van der Waals surface area contributed by atoms with Crippen molar-refractivity contribution in [2.24, 2.45) is 5.92 Å². The lowest BCUT2D eigenvalue weighted by atomic mass is 9.52. The van der Waals surface area contributed by atoms with Gasteiger partial charge in [0, 0.05) is 23.4 Å². The van der Waals surface area contributed by atoms with Gasteiger partial charge in [0.2, 0.25) is 0 Å². The first kappa shape index (κ1) is 14.4. The average Bonchev–Trinajstić information content (AvgIpc) is 2.57. The number of hydrogen-bond donors (Lipinski definition) is 0. The molecular formula is C20H27NO. The van der Waals surface area contributed by atoms with Gasteiger partial charge < -0.3 is 4.90 Å².